The van der Waals surface area contributed by atoms with E-state index in [1.54, 1.807) is 20.4 Å². The number of hydrogen-bond acceptors (Lipinski definition) is 2. The van der Waals surface area contributed by atoms with Gasteiger partial charge in [0.25, 0.3) is 0 Å². The summed E-state index contributed by atoms with van der Waals surface area (Å²) in [5.74, 6) is 0. The van der Waals surface area contributed by atoms with Gasteiger partial charge in [-0.05, 0) is 0 Å². The fourth-order valence-electron chi connectivity index (χ4n) is 3.69. The molecule has 0 bridgehead atoms. The van der Waals surface area contributed by atoms with Crippen molar-refractivity contribution in [2.24, 2.45) is 0 Å². The van der Waals surface area contributed by atoms with E-state index < -0.39 is 18.4 Å². The first-order valence-electron chi connectivity index (χ1n) is 9.97. The Kier molecular flexibility index (Phi) is 16.0. The number of ether oxygens (including phenoxy) is 2. The average Bonchev–Trinajstić information content (AvgIpc) is 2.57. The van der Waals surface area contributed by atoms with Crippen molar-refractivity contribution in [2.45, 2.75) is 96.3 Å². The second-order valence-corrected chi connectivity index (χ2v) is 21.1. The minimum absolute atomic E-state index is 0.372. The summed E-state index contributed by atoms with van der Waals surface area (Å²) < 4.78 is 16.1. The third-order valence-corrected chi connectivity index (χ3v) is 22.5. The summed E-state index contributed by atoms with van der Waals surface area (Å²) in [7, 11) is 1.69. The van der Waals surface area contributed by atoms with Gasteiger partial charge in [-0.25, -0.2) is 0 Å². The topological polar surface area (TPSA) is 18.5 Å². The molecule has 0 heterocycles. The van der Waals surface area contributed by atoms with Gasteiger partial charge < -0.3 is 0 Å². The molecule has 0 spiro atoms. The SMILES string of the molecule is CCC[CH2][Sn]([CH2]CCC)([CH2]CCC)[CH](/C=C\OCOC)CCC. The first-order chi connectivity index (χ1) is 11.2. The van der Waals surface area contributed by atoms with Gasteiger partial charge in [0.2, 0.25) is 0 Å². The first-order valence-corrected chi connectivity index (χ1v) is 17.7. The monoisotopic (exact) mass is 434 g/mol. The zero-order valence-electron chi connectivity index (χ0n) is 16.5. The van der Waals surface area contributed by atoms with Crippen LogP contribution in [0, 0.1) is 0 Å². The molecule has 0 aliphatic carbocycles. The zero-order valence-corrected chi connectivity index (χ0v) is 19.4. The van der Waals surface area contributed by atoms with E-state index in [1.165, 1.54) is 51.4 Å². The van der Waals surface area contributed by atoms with Crippen molar-refractivity contribution in [3.8, 4) is 0 Å². The predicted molar refractivity (Wildman–Crippen MR) is 106 cm³/mol. The van der Waals surface area contributed by atoms with Gasteiger partial charge >= 0.3 is 150 Å². The van der Waals surface area contributed by atoms with Crippen LogP contribution in [-0.2, 0) is 9.47 Å². The summed E-state index contributed by atoms with van der Waals surface area (Å²) >= 11 is -2.17. The Balaban J connectivity index is 5.22. The van der Waals surface area contributed by atoms with Crippen LogP contribution in [0.15, 0.2) is 12.3 Å². The first kappa shape index (κ1) is 23.3. The molecule has 0 aromatic heterocycles. The molecule has 0 aliphatic rings. The van der Waals surface area contributed by atoms with E-state index in [-0.39, 0.29) is 0 Å². The van der Waals surface area contributed by atoms with Crippen LogP contribution in [0.3, 0.4) is 0 Å². The molecule has 0 aromatic rings. The van der Waals surface area contributed by atoms with Gasteiger partial charge in [0.05, 0.1) is 0 Å². The van der Waals surface area contributed by atoms with Crippen molar-refractivity contribution in [3.05, 3.63) is 12.3 Å². The molecule has 0 rings (SSSR count). The van der Waals surface area contributed by atoms with Gasteiger partial charge in [-0.3, -0.25) is 0 Å². The molecule has 2 nitrogen and oxygen atoms in total. The van der Waals surface area contributed by atoms with E-state index in [1.807, 2.05) is 6.26 Å². The maximum atomic E-state index is 5.50. The number of unbranched alkanes of at least 4 members (excludes halogenated alkanes) is 3. The second kappa shape index (κ2) is 15.8. The fourth-order valence-corrected chi connectivity index (χ4v) is 22.0. The standard InChI is InChI=1S/C8H15O2.3C4H9.Sn/c1-3-4-5-6-7-10-8-9-2;3*1-3-4-2;/h5-7H,3-4,8H2,1-2H3;3*1,3-4H2,2H3;/b7-6-;;;;. The quantitative estimate of drug-likeness (QED) is 0.112. The Bertz CT molecular complexity index is 257. The Morgan fingerprint density at radius 2 is 1.35 bits per heavy atom. The normalized spacial score (nSPS) is 13.6. The molecule has 1 unspecified atom stereocenters. The van der Waals surface area contributed by atoms with Gasteiger partial charge in [0.1, 0.15) is 0 Å². The Labute approximate surface area is 150 Å². The van der Waals surface area contributed by atoms with E-state index in [2.05, 4.69) is 33.8 Å². The summed E-state index contributed by atoms with van der Waals surface area (Å²) in [6.45, 7) is 9.76. The van der Waals surface area contributed by atoms with E-state index >= 15 is 0 Å². The van der Waals surface area contributed by atoms with E-state index in [9.17, 15) is 0 Å². The molecule has 0 fully saturated rings. The van der Waals surface area contributed by atoms with Crippen molar-refractivity contribution in [1.82, 2.24) is 0 Å². The number of rotatable bonds is 16. The maximum absolute atomic E-state index is 5.50. The number of hydrogen-bond donors (Lipinski definition) is 0. The van der Waals surface area contributed by atoms with Crippen LogP contribution < -0.4 is 0 Å². The third kappa shape index (κ3) is 10.0. The van der Waals surface area contributed by atoms with Gasteiger partial charge in [-0.15, -0.1) is 0 Å². The molecule has 0 aliphatic heterocycles. The van der Waals surface area contributed by atoms with Gasteiger partial charge in [0.15, 0.2) is 0 Å². The average molecular weight is 433 g/mol. The summed E-state index contributed by atoms with van der Waals surface area (Å²) in [5.41, 5.74) is 0. The zero-order chi connectivity index (χ0) is 17.4. The molecule has 1 atom stereocenters. The molecule has 0 N–H and O–H groups in total. The van der Waals surface area contributed by atoms with Crippen molar-refractivity contribution < 1.29 is 9.47 Å². The van der Waals surface area contributed by atoms with Gasteiger partial charge in [-0.2, -0.15) is 0 Å². The summed E-state index contributed by atoms with van der Waals surface area (Å²) in [6, 6.07) is 0. The van der Waals surface area contributed by atoms with E-state index in [4.69, 9.17) is 9.47 Å². The van der Waals surface area contributed by atoms with Crippen LogP contribution in [0.1, 0.15) is 79.1 Å². The summed E-state index contributed by atoms with van der Waals surface area (Å²) in [5, 5.41) is 0. The molecular formula is C20H42O2Sn. The van der Waals surface area contributed by atoms with Crippen molar-refractivity contribution in [2.75, 3.05) is 13.9 Å². The summed E-state index contributed by atoms with van der Waals surface area (Å²) in [4.78, 5) is 0. The molecular weight excluding hydrogens is 391 g/mol. The predicted octanol–water partition coefficient (Wildman–Crippen LogP) is 7.14. The Morgan fingerprint density at radius 1 is 0.826 bits per heavy atom. The molecule has 0 saturated heterocycles. The molecule has 0 aromatic carbocycles. The molecule has 0 radical (unpaired) electrons. The molecule has 0 amide bonds. The van der Waals surface area contributed by atoms with Gasteiger partial charge in [0, 0.05) is 0 Å². The summed E-state index contributed by atoms with van der Waals surface area (Å²) in [6.07, 6.45) is 15.4. The van der Waals surface area contributed by atoms with Crippen molar-refractivity contribution in [3.63, 3.8) is 0 Å². The van der Waals surface area contributed by atoms with Crippen LogP contribution >= 0.6 is 0 Å². The van der Waals surface area contributed by atoms with E-state index in [0.717, 1.165) is 3.93 Å². The van der Waals surface area contributed by atoms with Crippen LogP contribution in [-0.4, -0.2) is 32.3 Å². The fraction of sp³-hybridized carbons (Fsp3) is 0.900. The molecule has 0 saturated carbocycles. The molecule has 23 heavy (non-hydrogen) atoms. The van der Waals surface area contributed by atoms with Crippen molar-refractivity contribution in [1.29, 1.82) is 0 Å². The van der Waals surface area contributed by atoms with Gasteiger partial charge in [-0.1, -0.05) is 0 Å². The number of allylic oxidation sites excluding steroid dienone is 1. The van der Waals surface area contributed by atoms with Crippen LogP contribution in [0.2, 0.25) is 17.2 Å². The third-order valence-electron chi connectivity index (χ3n) is 5.06. The van der Waals surface area contributed by atoms with Crippen LogP contribution in [0.4, 0.5) is 0 Å². The van der Waals surface area contributed by atoms with E-state index in [0.29, 0.717) is 6.79 Å². The Morgan fingerprint density at radius 3 is 1.74 bits per heavy atom. The molecule has 3 heteroatoms. The minimum atomic E-state index is -2.17. The van der Waals surface area contributed by atoms with Crippen molar-refractivity contribution >= 4 is 18.4 Å². The van der Waals surface area contributed by atoms with Crippen LogP contribution in [0.25, 0.3) is 0 Å². The Hall–Kier alpha value is 0.299. The molecule has 138 valence electrons. The van der Waals surface area contributed by atoms with Crippen LogP contribution in [0.5, 0.6) is 0 Å². The second-order valence-electron chi connectivity index (χ2n) is 6.97. The number of methoxy groups -OCH3 is 1.